The van der Waals surface area contributed by atoms with Crippen LogP contribution in [0.2, 0.25) is 0 Å². The summed E-state index contributed by atoms with van der Waals surface area (Å²) in [6, 6.07) is 11.6. The van der Waals surface area contributed by atoms with Crippen LogP contribution in [-0.2, 0) is 6.54 Å². The second kappa shape index (κ2) is 9.34. The topological polar surface area (TPSA) is 3.24 Å². The summed E-state index contributed by atoms with van der Waals surface area (Å²) in [6.07, 6.45) is 7.27. The number of allylic oxidation sites excluding steroid dienone is 2. The maximum atomic E-state index is 3.13. The van der Waals surface area contributed by atoms with Crippen molar-refractivity contribution in [3.8, 4) is 12.0 Å². The van der Waals surface area contributed by atoms with Crippen molar-refractivity contribution in [2.24, 2.45) is 0 Å². The van der Waals surface area contributed by atoms with E-state index < -0.39 is 0 Å². The second-order valence-corrected chi connectivity index (χ2v) is 5.34. The Labute approximate surface area is 127 Å². The van der Waals surface area contributed by atoms with Gasteiger partial charge in [0.05, 0.1) is 6.54 Å². The van der Waals surface area contributed by atoms with Gasteiger partial charge in [-0.25, -0.2) is 0 Å². The summed E-state index contributed by atoms with van der Waals surface area (Å²) < 4.78 is 0. The number of hydrogen-bond acceptors (Lipinski definition) is 2. The van der Waals surface area contributed by atoms with E-state index in [9.17, 15) is 0 Å². The van der Waals surface area contributed by atoms with Crippen molar-refractivity contribution in [2.75, 3.05) is 6.26 Å². The van der Waals surface area contributed by atoms with E-state index >= 15 is 0 Å². The monoisotopic (exact) mass is 285 g/mol. The van der Waals surface area contributed by atoms with E-state index in [1.165, 1.54) is 23.1 Å². The van der Waals surface area contributed by atoms with Gasteiger partial charge < -0.3 is 4.90 Å². The van der Waals surface area contributed by atoms with Gasteiger partial charge in [-0.1, -0.05) is 50.5 Å². The highest BCUT2D eigenvalue weighted by Gasteiger charge is 2.11. The van der Waals surface area contributed by atoms with Gasteiger partial charge >= 0.3 is 0 Å². The lowest BCUT2D eigenvalue weighted by Crippen LogP contribution is -2.15. The quantitative estimate of drug-likeness (QED) is 0.659. The maximum absolute atomic E-state index is 3.13. The largest absolute Gasteiger partial charge is 0.304 e. The minimum absolute atomic E-state index is 0.869. The molecular weight excluding hydrogens is 262 g/mol. The fourth-order valence-corrected chi connectivity index (χ4v) is 2.07. The molecule has 0 atom stereocenters. The molecule has 1 nitrogen and oxygen atoms in total. The fraction of sp³-hybridized carbons (Fsp3) is 0.333. The molecule has 0 saturated heterocycles. The molecule has 0 aliphatic carbocycles. The predicted octanol–water partition coefficient (Wildman–Crippen LogP) is 5.12. The second-order valence-electron chi connectivity index (χ2n) is 4.60. The molecule has 1 aliphatic heterocycles. The van der Waals surface area contributed by atoms with E-state index in [2.05, 4.69) is 63.2 Å². The Balaban J connectivity index is 0.000000612. The third-order valence-electron chi connectivity index (χ3n) is 2.63. The van der Waals surface area contributed by atoms with Crippen molar-refractivity contribution in [3.05, 3.63) is 53.1 Å². The molecule has 1 heterocycles. The molecule has 0 aromatic heterocycles. The van der Waals surface area contributed by atoms with Gasteiger partial charge in [-0.05, 0) is 41.4 Å². The van der Waals surface area contributed by atoms with E-state index in [-0.39, 0.29) is 0 Å². The summed E-state index contributed by atoms with van der Waals surface area (Å²) in [5, 5.41) is 1.99. The highest BCUT2D eigenvalue weighted by Crippen LogP contribution is 2.25. The smallest absolute Gasteiger partial charge is 0.0565 e. The van der Waals surface area contributed by atoms with Gasteiger partial charge in [-0.2, -0.15) is 0 Å². The lowest BCUT2D eigenvalue weighted by atomic mass is 9.98. The lowest BCUT2D eigenvalue weighted by molar-refractivity contribution is 0.522. The van der Waals surface area contributed by atoms with Crippen LogP contribution in [0.5, 0.6) is 0 Å². The minimum Gasteiger partial charge on any atom is -0.304 e. The Morgan fingerprint density at radius 2 is 2.00 bits per heavy atom. The Morgan fingerprint density at radius 1 is 1.30 bits per heavy atom. The number of benzene rings is 1. The normalized spacial score (nSPS) is 12.8. The summed E-state index contributed by atoms with van der Waals surface area (Å²) in [4.78, 5) is 2.04. The predicted molar refractivity (Wildman–Crippen MR) is 92.0 cm³/mol. The highest BCUT2D eigenvalue weighted by molar-refractivity contribution is 8.01. The Bertz CT molecular complexity index is 532. The highest BCUT2D eigenvalue weighted by atomic mass is 32.2. The van der Waals surface area contributed by atoms with Crippen LogP contribution in [0.3, 0.4) is 0 Å². The summed E-state index contributed by atoms with van der Waals surface area (Å²) in [7, 11) is 0. The van der Waals surface area contributed by atoms with Crippen LogP contribution in [0.15, 0.2) is 41.9 Å². The van der Waals surface area contributed by atoms with Gasteiger partial charge in [-0.3, -0.25) is 0 Å². The molecule has 0 N–H and O–H groups in total. The van der Waals surface area contributed by atoms with Crippen LogP contribution >= 0.6 is 11.8 Å². The molecule has 0 amide bonds. The van der Waals surface area contributed by atoms with Crippen LogP contribution < -0.4 is 0 Å². The SMILES string of the molecule is CCC.CS/C=C/C#CN1C=C(C)c2ccccc2C1. The molecule has 0 unspecified atom stereocenters. The summed E-state index contributed by atoms with van der Waals surface area (Å²) in [5.74, 6) is 3.04. The molecule has 20 heavy (non-hydrogen) atoms. The van der Waals surface area contributed by atoms with Crippen LogP contribution in [-0.4, -0.2) is 11.2 Å². The zero-order chi connectivity index (χ0) is 14.8. The summed E-state index contributed by atoms with van der Waals surface area (Å²) in [6.45, 7) is 7.25. The van der Waals surface area contributed by atoms with Gasteiger partial charge in [0.25, 0.3) is 0 Å². The van der Waals surface area contributed by atoms with Gasteiger partial charge in [0, 0.05) is 12.2 Å². The molecule has 1 aromatic carbocycles. The molecule has 0 fully saturated rings. The molecular formula is C18H23NS. The standard InChI is InChI=1S/C15H15NS.C3H8/c1-13-11-16(9-5-6-10-17-2)12-14-7-3-4-8-15(13)14;1-3-2/h3-4,6-8,10-11H,12H2,1-2H3;3H2,1-2H3/b10-6+;. The molecule has 0 spiro atoms. The van der Waals surface area contributed by atoms with Crippen molar-refractivity contribution < 1.29 is 0 Å². The Morgan fingerprint density at radius 3 is 2.70 bits per heavy atom. The maximum Gasteiger partial charge on any atom is 0.0565 e. The van der Waals surface area contributed by atoms with E-state index in [0.29, 0.717) is 0 Å². The van der Waals surface area contributed by atoms with Crippen molar-refractivity contribution >= 4 is 17.3 Å². The zero-order valence-electron chi connectivity index (χ0n) is 12.8. The molecule has 0 saturated carbocycles. The van der Waals surface area contributed by atoms with Crippen molar-refractivity contribution in [1.82, 2.24) is 4.90 Å². The van der Waals surface area contributed by atoms with Crippen molar-refractivity contribution in [3.63, 3.8) is 0 Å². The average molecular weight is 285 g/mol. The first-order valence-corrected chi connectivity index (χ1v) is 8.24. The van der Waals surface area contributed by atoms with Crippen LogP contribution in [0.4, 0.5) is 0 Å². The number of hydrogen-bond donors (Lipinski definition) is 0. The molecule has 2 rings (SSSR count). The van der Waals surface area contributed by atoms with Crippen LogP contribution in [0, 0.1) is 12.0 Å². The van der Waals surface area contributed by atoms with E-state index in [1.807, 2.05) is 22.6 Å². The van der Waals surface area contributed by atoms with Gasteiger partial charge in [0.15, 0.2) is 0 Å². The first kappa shape index (κ1) is 16.5. The molecule has 106 valence electrons. The lowest BCUT2D eigenvalue weighted by Gasteiger charge is -2.22. The van der Waals surface area contributed by atoms with Crippen LogP contribution in [0.25, 0.3) is 5.57 Å². The van der Waals surface area contributed by atoms with Crippen molar-refractivity contribution in [2.45, 2.75) is 33.7 Å². The average Bonchev–Trinajstić information content (AvgIpc) is 2.45. The molecule has 1 aliphatic rings. The number of rotatable bonds is 1. The fourth-order valence-electron chi connectivity index (χ4n) is 1.87. The Hall–Kier alpha value is -1.59. The summed E-state index contributed by atoms with van der Waals surface area (Å²) >= 11 is 1.66. The molecule has 1 aromatic rings. The van der Waals surface area contributed by atoms with Crippen LogP contribution in [0.1, 0.15) is 38.3 Å². The molecule has 2 heteroatoms. The van der Waals surface area contributed by atoms with Gasteiger partial charge in [0.1, 0.15) is 0 Å². The Kier molecular flexibility index (Phi) is 7.69. The zero-order valence-corrected chi connectivity index (χ0v) is 13.6. The van der Waals surface area contributed by atoms with E-state index in [4.69, 9.17) is 0 Å². The molecule has 0 bridgehead atoms. The summed E-state index contributed by atoms with van der Waals surface area (Å²) in [5.41, 5.74) is 3.95. The first-order chi connectivity index (χ1) is 9.72. The third-order valence-corrected chi connectivity index (χ3v) is 3.04. The number of nitrogens with zero attached hydrogens (tertiary/aromatic N) is 1. The van der Waals surface area contributed by atoms with Gasteiger partial charge in [0.2, 0.25) is 0 Å². The van der Waals surface area contributed by atoms with Gasteiger partial charge in [-0.15, -0.1) is 11.8 Å². The number of thioether (sulfide) groups is 1. The van der Waals surface area contributed by atoms with E-state index in [1.54, 1.807) is 11.8 Å². The third kappa shape index (κ3) is 5.19. The van der Waals surface area contributed by atoms with E-state index in [0.717, 1.165) is 6.54 Å². The van der Waals surface area contributed by atoms with Crippen molar-refractivity contribution in [1.29, 1.82) is 0 Å². The number of fused-ring (bicyclic) bond motifs is 1. The minimum atomic E-state index is 0.869. The molecule has 0 radical (unpaired) electrons. The first-order valence-electron chi connectivity index (χ1n) is 6.95.